The average molecular weight is 283 g/mol. The van der Waals surface area contributed by atoms with E-state index in [4.69, 9.17) is 5.73 Å². The first-order valence-electron chi connectivity index (χ1n) is 5.82. The molecule has 1 fully saturated rings. The van der Waals surface area contributed by atoms with E-state index in [9.17, 15) is 8.42 Å². The Morgan fingerprint density at radius 3 is 2.61 bits per heavy atom. The second kappa shape index (κ2) is 3.99. The van der Waals surface area contributed by atoms with Gasteiger partial charge in [0, 0.05) is 0 Å². The molecule has 18 heavy (non-hydrogen) atoms. The Balaban J connectivity index is 2.01. The van der Waals surface area contributed by atoms with Gasteiger partial charge in [0.15, 0.2) is 9.84 Å². The summed E-state index contributed by atoms with van der Waals surface area (Å²) in [5.74, 6) is 0.449. The summed E-state index contributed by atoms with van der Waals surface area (Å²) in [6, 6.07) is 8.02. The van der Waals surface area contributed by atoms with Gasteiger partial charge in [0.25, 0.3) is 0 Å². The van der Waals surface area contributed by atoms with E-state index in [1.807, 2.05) is 35.8 Å². The van der Waals surface area contributed by atoms with Gasteiger partial charge >= 0.3 is 5.17 Å². The van der Waals surface area contributed by atoms with Crippen LogP contribution in [0.2, 0.25) is 0 Å². The van der Waals surface area contributed by atoms with Crippen molar-refractivity contribution in [3.8, 4) is 0 Å². The van der Waals surface area contributed by atoms with Gasteiger partial charge in [0.2, 0.25) is 0 Å². The van der Waals surface area contributed by atoms with Gasteiger partial charge < -0.3 is 0 Å². The largest absolute Gasteiger partial charge is 0.310 e. The van der Waals surface area contributed by atoms with E-state index in [1.165, 1.54) is 17.3 Å². The van der Waals surface area contributed by atoms with Crippen molar-refractivity contribution in [2.75, 3.05) is 11.5 Å². The number of nitrogens with zero attached hydrogens (tertiary/aromatic N) is 1. The van der Waals surface area contributed by atoms with E-state index in [0.29, 0.717) is 5.17 Å². The Morgan fingerprint density at radius 2 is 1.94 bits per heavy atom. The topological polar surface area (TPSA) is 63.2 Å². The fourth-order valence-corrected chi connectivity index (χ4v) is 6.37. The van der Waals surface area contributed by atoms with Crippen molar-refractivity contribution >= 4 is 32.5 Å². The third-order valence-corrected chi connectivity index (χ3v) is 6.57. The molecular formula is C12H15N2O2S2+. The molecule has 0 saturated carbocycles. The fourth-order valence-electron chi connectivity index (χ4n) is 2.55. The van der Waals surface area contributed by atoms with Crippen molar-refractivity contribution in [2.24, 2.45) is 5.73 Å². The van der Waals surface area contributed by atoms with Crippen LogP contribution >= 0.6 is 11.8 Å². The summed E-state index contributed by atoms with van der Waals surface area (Å²) in [6.45, 7) is 2.03. The summed E-state index contributed by atoms with van der Waals surface area (Å²) < 4.78 is 25.4. The highest BCUT2D eigenvalue weighted by Crippen LogP contribution is 2.36. The van der Waals surface area contributed by atoms with Gasteiger partial charge in [0.1, 0.15) is 11.7 Å². The summed E-state index contributed by atoms with van der Waals surface area (Å²) in [5.41, 5.74) is 8.20. The number of nitrogens with two attached hydrogens (primary N) is 1. The molecule has 96 valence electrons. The molecule has 4 nitrogen and oxygen atoms in total. The van der Waals surface area contributed by atoms with Crippen molar-refractivity contribution < 1.29 is 13.0 Å². The molecule has 6 heteroatoms. The van der Waals surface area contributed by atoms with Crippen LogP contribution in [0.4, 0.5) is 5.69 Å². The van der Waals surface area contributed by atoms with Crippen LogP contribution in [-0.4, -0.2) is 41.0 Å². The molecular weight excluding hydrogens is 268 g/mol. The predicted octanol–water partition coefficient (Wildman–Crippen LogP) is 0.866. The van der Waals surface area contributed by atoms with Crippen molar-refractivity contribution in [1.82, 2.24) is 0 Å². The minimum absolute atomic E-state index is 0.0114. The number of fused-ring (bicyclic) bond motifs is 1. The lowest BCUT2D eigenvalue weighted by molar-refractivity contribution is -0.470. The number of rotatable bonds is 1. The number of aryl methyl sites for hydroxylation is 1. The van der Waals surface area contributed by atoms with E-state index in [1.54, 1.807) is 0 Å². The molecule has 1 saturated heterocycles. The van der Waals surface area contributed by atoms with Gasteiger partial charge in [0.05, 0.1) is 16.8 Å². The van der Waals surface area contributed by atoms with Crippen molar-refractivity contribution in [1.29, 1.82) is 0 Å². The Morgan fingerprint density at radius 1 is 1.28 bits per heavy atom. The lowest BCUT2D eigenvalue weighted by Gasteiger charge is -2.10. The van der Waals surface area contributed by atoms with Crippen LogP contribution in [0, 0.1) is 6.92 Å². The SMILES string of the molecule is Cc1ccc([N+]2=C(N)SC3CS(=O)(=O)CC32)cc1. The molecule has 1 aromatic carbocycles. The quantitative estimate of drug-likeness (QED) is 0.777. The maximum absolute atomic E-state index is 11.7. The third-order valence-electron chi connectivity index (χ3n) is 3.43. The zero-order chi connectivity index (χ0) is 12.9. The van der Waals surface area contributed by atoms with Gasteiger partial charge in [-0.2, -0.15) is 0 Å². The van der Waals surface area contributed by atoms with E-state index >= 15 is 0 Å². The van der Waals surface area contributed by atoms with Crippen LogP contribution < -0.4 is 5.73 Å². The van der Waals surface area contributed by atoms with Crippen molar-refractivity contribution in [2.45, 2.75) is 18.2 Å². The summed E-state index contributed by atoms with van der Waals surface area (Å²) in [5, 5.41) is 0.792. The molecule has 2 aliphatic rings. The molecule has 0 aliphatic carbocycles. The molecule has 0 aromatic heterocycles. The Labute approximate surface area is 111 Å². The predicted molar refractivity (Wildman–Crippen MR) is 74.1 cm³/mol. The molecule has 2 heterocycles. The summed E-state index contributed by atoms with van der Waals surface area (Å²) >= 11 is 1.49. The minimum Gasteiger partial charge on any atom is -0.281 e. The first-order chi connectivity index (χ1) is 8.46. The van der Waals surface area contributed by atoms with Gasteiger partial charge in [-0.25, -0.2) is 13.0 Å². The minimum atomic E-state index is -2.91. The van der Waals surface area contributed by atoms with E-state index in [-0.39, 0.29) is 22.8 Å². The monoisotopic (exact) mass is 283 g/mol. The second-order valence-corrected chi connectivity index (χ2v) is 8.26. The van der Waals surface area contributed by atoms with Crippen molar-refractivity contribution in [3.63, 3.8) is 0 Å². The molecule has 2 N–H and O–H groups in total. The van der Waals surface area contributed by atoms with E-state index in [2.05, 4.69) is 0 Å². The fraction of sp³-hybridized carbons (Fsp3) is 0.417. The lowest BCUT2D eigenvalue weighted by atomic mass is 10.2. The molecule has 0 spiro atoms. The molecule has 2 aliphatic heterocycles. The first-order valence-corrected chi connectivity index (χ1v) is 8.52. The Bertz CT molecular complexity index is 620. The standard InChI is InChI=1S/C12H14N2O2S2/c1-8-2-4-9(5-3-8)14-10-6-18(15,16)7-11(10)17-12(14)13/h2-5,10-11,13H,6-7H2,1H3/p+1. The van der Waals surface area contributed by atoms with E-state index < -0.39 is 9.84 Å². The molecule has 0 amide bonds. The molecule has 1 aromatic rings. The number of amidine groups is 1. The highest BCUT2D eigenvalue weighted by Gasteiger charge is 2.49. The average Bonchev–Trinajstić information content (AvgIpc) is 2.70. The number of benzene rings is 1. The second-order valence-electron chi connectivity index (χ2n) is 4.84. The van der Waals surface area contributed by atoms with Crippen LogP contribution in [0.1, 0.15) is 5.56 Å². The lowest BCUT2D eigenvalue weighted by Crippen LogP contribution is -2.29. The first kappa shape index (κ1) is 12.0. The Hall–Kier alpha value is -1.01. The molecule has 2 atom stereocenters. The molecule has 0 bridgehead atoms. The zero-order valence-electron chi connectivity index (χ0n) is 10.0. The van der Waals surface area contributed by atoms with Crippen LogP contribution in [0.5, 0.6) is 0 Å². The van der Waals surface area contributed by atoms with Crippen molar-refractivity contribution in [3.05, 3.63) is 29.8 Å². The number of sulfone groups is 1. The van der Waals surface area contributed by atoms with Crippen LogP contribution in [0.25, 0.3) is 0 Å². The summed E-state index contributed by atoms with van der Waals surface area (Å²) in [7, 11) is -2.91. The smallest absolute Gasteiger partial charge is 0.281 e. The highest BCUT2D eigenvalue weighted by atomic mass is 32.2. The number of thioether (sulfide) groups is 1. The molecule has 0 radical (unpaired) electrons. The number of hydrogen-bond donors (Lipinski definition) is 1. The maximum atomic E-state index is 11.7. The summed E-state index contributed by atoms with van der Waals surface area (Å²) in [4.78, 5) is 0. The van der Waals surface area contributed by atoms with Crippen LogP contribution in [0.3, 0.4) is 0 Å². The third kappa shape index (κ3) is 1.93. The van der Waals surface area contributed by atoms with Gasteiger partial charge in [-0.1, -0.05) is 17.7 Å². The van der Waals surface area contributed by atoms with Crippen LogP contribution in [0.15, 0.2) is 24.3 Å². The van der Waals surface area contributed by atoms with Crippen LogP contribution in [-0.2, 0) is 9.84 Å². The van der Waals surface area contributed by atoms with E-state index in [0.717, 1.165) is 5.69 Å². The highest BCUT2D eigenvalue weighted by molar-refractivity contribution is 8.15. The Kier molecular flexibility index (Phi) is 2.67. The zero-order valence-corrected chi connectivity index (χ0v) is 11.7. The number of hydrogen-bond acceptors (Lipinski definition) is 4. The maximum Gasteiger partial charge on any atom is 0.310 e. The molecule has 2 unspecified atom stereocenters. The van der Waals surface area contributed by atoms with Gasteiger partial charge in [-0.3, -0.25) is 5.73 Å². The summed E-state index contributed by atoms with van der Waals surface area (Å²) in [6.07, 6.45) is 0. The van der Waals surface area contributed by atoms with Gasteiger partial charge in [-0.15, -0.1) is 0 Å². The van der Waals surface area contributed by atoms with Gasteiger partial charge in [-0.05, 0) is 30.8 Å². The molecule has 3 rings (SSSR count). The normalized spacial score (nSPS) is 29.6.